The lowest BCUT2D eigenvalue weighted by Crippen LogP contribution is -2.53. The summed E-state index contributed by atoms with van der Waals surface area (Å²) in [7, 11) is 1.62. The Bertz CT molecular complexity index is 763. The third-order valence-corrected chi connectivity index (χ3v) is 7.08. The molecule has 2 fully saturated rings. The van der Waals surface area contributed by atoms with E-state index in [1.807, 2.05) is 18.2 Å². The van der Waals surface area contributed by atoms with Gasteiger partial charge in [0.05, 0.1) is 5.41 Å². The first-order chi connectivity index (χ1) is 15.0. The van der Waals surface area contributed by atoms with E-state index in [0.29, 0.717) is 19.4 Å². The van der Waals surface area contributed by atoms with Crippen LogP contribution < -0.4 is 10.8 Å². The van der Waals surface area contributed by atoms with Crippen molar-refractivity contribution < 1.29 is 19.6 Å². The molecule has 1 aliphatic carbocycles. The monoisotopic (exact) mass is 429 g/mol. The van der Waals surface area contributed by atoms with Gasteiger partial charge >= 0.3 is 0 Å². The van der Waals surface area contributed by atoms with Gasteiger partial charge in [0.25, 0.3) is 0 Å². The van der Waals surface area contributed by atoms with Crippen molar-refractivity contribution in [3.8, 4) is 0 Å². The molecule has 0 unspecified atom stereocenters. The molecule has 3 N–H and O–H groups in total. The number of nitrogens with one attached hydrogen (secondary N) is 2. The number of benzene rings is 1. The molecule has 1 saturated heterocycles. The Kier molecular flexibility index (Phi) is 8.07. The smallest absolute Gasteiger partial charge is 0.244 e. The highest BCUT2D eigenvalue weighted by Gasteiger charge is 2.51. The molecule has 2 atom stereocenters. The Morgan fingerprint density at radius 2 is 1.90 bits per heavy atom. The Morgan fingerprint density at radius 3 is 2.55 bits per heavy atom. The molecule has 0 spiro atoms. The summed E-state index contributed by atoms with van der Waals surface area (Å²) in [6, 6.07) is 9.58. The van der Waals surface area contributed by atoms with Crippen LogP contribution in [-0.2, 0) is 20.8 Å². The number of carbonyl (C=O) groups is 3. The summed E-state index contributed by atoms with van der Waals surface area (Å²) in [5, 5.41) is 11.9. The average molecular weight is 430 g/mol. The van der Waals surface area contributed by atoms with Crippen molar-refractivity contribution in [3.63, 3.8) is 0 Å². The molecule has 1 aromatic carbocycles. The van der Waals surface area contributed by atoms with Crippen LogP contribution in [0.5, 0.6) is 0 Å². The second kappa shape index (κ2) is 10.8. The van der Waals surface area contributed by atoms with Crippen LogP contribution in [0.1, 0.15) is 63.4 Å². The van der Waals surface area contributed by atoms with Crippen LogP contribution in [0.15, 0.2) is 30.3 Å². The molecule has 1 heterocycles. The molecule has 0 radical (unpaired) electrons. The van der Waals surface area contributed by atoms with E-state index in [1.165, 1.54) is 12.0 Å². The van der Waals surface area contributed by atoms with E-state index in [4.69, 9.17) is 5.21 Å². The summed E-state index contributed by atoms with van der Waals surface area (Å²) < 4.78 is 0. The number of carbonyl (C=O) groups excluding carboxylic acids is 3. The molecule has 0 aromatic heterocycles. The van der Waals surface area contributed by atoms with Crippen LogP contribution >= 0.6 is 0 Å². The molecule has 31 heavy (non-hydrogen) atoms. The van der Waals surface area contributed by atoms with Crippen molar-refractivity contribution in [1.82, 2.24) is 15.7 Å². The third kappa shape index (κ3) is 5.45. The van der Waals surface area contributed by atoms with Crippen molar-refractivity contribution in [2.24, 2.45) is 11.3 Å². The summed E-state index contributed by atoms with van der Waals surface area (Å²) in [6.07, 6.45) is 7.81. The molecule has 1 saturated carbocycles. The van der Waals surface area contributed by atoms with Crippen molar-refractivity contribution in [2.45, 2.75) is 70.3 Å². The summed E-state index contributed by atoms with van der Waals surface area (Å²) in [6.45, 7) is 0.470. The summed E-state index contributed by atoms with van der Waals surface area (Å²) in [5.74, 6) is -0.635. The molecule has 3 rings (SSSR count). The van der Waals surface area contributed by atoms with Gasteiger partial charge in [-0.2, -0.15) is 0 Å². The molecular formula is C24H35N3O4. The Balaban J connectivity index is 1.78. The second-order valence-corrected chi connectivity index (χ2v) is 9.04. The van der Waals surface area contributed by atoms with E-state index >= 15 is 0 Å². The standard InChI is InChI=1S/C24H35N3O4/c1-25-22(29)21(19-12-6-3-7-13-19)27-16-15-24(23(27)30,17-20(28)26-31)14-8-11-18-9-4-2-5-10-18/h2,4-5,9-10,19,21,31H,3,6-8,11-17H2,1H3,(H,25,29)(H,26,28)/t21-,24-/m0/s1. The molecular weight excluding hydrogens is 394 g/mol. The summed E-state index contributed by atoms with van der Waals surface area (Å²) >= 11 is 0. The first kappa shape index (κ1) is 23.3. The molecule has 7 nitrogen and oxygen atoms in total. The minimum absolute atomic E-state index is 0.0568. The first-order valence-corrected chi connectivity index (χ1v) is 11.5. The van der Waals surface area contributed by atoms with Gasteiger partial charge in [-0.25, -0.2) is 5.48 Å². The molecule has 1 aliphatic heterocycles. The fraction of sp³-hybridized carbons (Fsp3) is 0.625. The number of hydrogen-bond acceptors (Lipinski definition) is 4. The van der Waals surface area contributed by atoms with E-state index in [2.05, 4.69) is 17.4 Å². The van der Waals surface area contributed by atoms with Crippen molar-refractivity contribution in [1.29, 1.82) is 0 Å². The van der Waals surface area contributed by atoms with E-state index < -0.39 is 17.4 Å². The quantitative estimate of drug-likeness (QED) is 0.415. The SMILES string of the molecule is CNC(=O)[C@H](C1CCCCC1)N1CC[C@@](CCCc2ccccc2)(CC(=O)NO)C1=O. The second-order valence-electron chi connectivity index (χ2n) is 9.04. The van der Waals surface area contributed by atoms with Crippen LogP contribution in [0.2, 0.25) is 0 Å². The van der Waals surface area contributed by atoms with Crippen LogP contribution in [0.4, 0.5) is 0 Å². The minimum Gasteiger partial charge on any atom is -0.357 e. The van der Waals surface area contributed by atoms with Gasteiger partial charge < -0.3 is 10.2 Å². The number of amides is 3. The maximum absolute atomic E-state index is 13.7. The molecule has 1 aromatic rings. The highest BCUT2D eigenvalue weighted by Crippen LogP contribution is 2.43. The van der Waals surface area contributed by atoms with Gasteiger partial charge in [0, 0.05) is 20.0 Å². The molecule has 2 aliphatic rings. The number of nitrogens with zero attached hydrogens (tertiary/aromatic N) is 1. The number of hydrogen-bond donors (Lipinski definition) is 3. The van der Waals surface area contributed by atoms with Crippen LogP contribution in [0, 0.1) is 11.3 Å². The maximum Gasteiger partial charge on any atom is 0.244 e. The van der Waals surface area contributed by atoms with Gasteiger partial charge in [-0.15, -0.1) is 0 Å². The zero-order valence-corrected chi connectivity index (χ0v) is 18.4. The highest BCUT2D eigenvalue weighted by atomic mass is 16.5. The Morgan fingerprint density at radius 1 is 1.19 bits per heavy atom. The Hall–Kier alpha value is -2.41. The topological polar surface area (TPSA) is 98.7 Å². The lowest BCUT2D eigenvalue weighted by Gasteiger charge is -2.36. The summed E-state index contributed by atoms with van der Waals surface area (Å²) in [4.78, 5) is 40.4. The molecule has 0 bridgehead atoms. The number of hydroxylamine groups is 1. The molecule has 7 heteroatoms. The lowest BCUT2D eigenvalue weighted by molar-refractivity contribution is -0.148. The van der Waals surface area contributed by atoms with E-state index in [9.17, 15) is 14.4 Å². The first-order valence-electron chi connectivity index (χ1n) is 11.5. The number of rotatable bonds is 9. The fourth-order valence-corrected chi connectivity index (χ4v) is 5.43. The van der Waals surface area contributed by atoms with Gasteiger partial charge in [-0.05, 0) is 50.0 Å². The van der Waals surface area contributed by atoms with Crippen molar-refractivity contribution in [3.05, 3.63) is 35.9 Å². The molecule has 3 amide bonds. The van der Waals surface area contributed by atoms with Gasteiger partial charge in [0.1, 0.15) is 6.04 Å². The van der Waals surface area contributed by atoms with Gasteiger partial charge in [-0.3, -0.25) is 19.6 Å². The zero-order valence-electron chi connectivity index (χ0n) is 18.4. The predicted octanol–water partition coefficient (Wildman–Crippen LogP) is 2.82. The van der Waals surface area contributed by atoms with Crippen LogP contribution in [0.25, 0.3) is 0 Å². The lowest BCUT2D eigenvalue weighted by atomic mass is 9.77. The highest BCUT2D eigenvalue weighted by molar-refractivity contribution is 5.94. The zero-order chi connectivity index (χ0) is 22.3. The molecule has 170 valence electrons. The normalized spacial score (nSPS) is 22.9. The minimum atomic E-state index is -0.872. The van der Waals surface area contributed by atoms with E-state index in [0.717, 1.165) is 38.5 Å². The maximum atomic E-state index is 13.7. The van der Waals surface area contributed by atoms with Gasteiger partial charge in [-0.1, -0.05) is 49.6 Å². The van der Waals surface area contributed by atoms with E-state index in [-0.39, 0.29) is 24.2 Å². The largest absolute Gasteiger partial charge is 0.357 e. The van der Waals surface area contributed by atoms with E-state index in [1.54, 1.807) is 17.4 Å². The van der Waals surface area contributed by atoms with Gasteiger partial charge in [0.2, 0.25) is 17.7 Å². The van der Waals surface area contributed by atoms with Crippen LogP contribution in [0.3, 0.4) is 0 Å². The van der Waals surface area contributed by atoms with Crippen molar-refractivity contribution in [2.75, 3.05) is 13.6 Å². The predicted molar refractivity (Wildman–Crippen MR) is 117 cm³/mol. The fourth-order valence-electron chi connectivity index (χ4n) is 5.43. The Labute approximate surface area is 184 Å². The number of aryl methyl sites for hydroxylation is 1. The average Bonchev–Trinajstić information content (AvgIpc) is 3.11. The number of likely N-dealkylation sites (tertiary alicyclic amines) is 1. The third-order valence-electron chi connectivity index (χ3n) is 7.08. The van der Waals surface area contributed by atoms with Crippen LogP contribution in [-0.4, -0.2) is 47.5 Å². The van der Waals surface area contributed by atoms with Crippen molar-refractivity contribution >= 4 is 17.7 Å². The summed E-state index contributed by atoms with van der Waals surface area (Å²) in [5.41, 5.74) is 2.02. The van der Waals surface area contributed by atoms with Gasteiger partial charge in [0.15, 0.2) is 0 Å². The number of likely N-dealkylation sites (N-methyl/N-ethyl adjacent to an activating group) is 1.